The number of rotatable bonds is 4. The van der Waals surface area contributed by atoms with E-state index in [9.17, 15) is 0 Å². The molecule has 0 saturated carbocycles. The first-order valence-electron chi connectivity index (χ1n) is 6.49. The molecule has 0 aromatic carbocycles. The first-order valence-corrected chi connectivity index (χ1v) is 7.30. The van der Waals surface area contributed by atoms with Gasteiger partial charge < -0.3 is 15.0 Å². The van der Waals surface area contributed by atoms with E-state index in [0.717, 1.165) is 36.9 Å². The van der Waals surface area contributed by atoms with Crippen molar-refractivity contribution in [1.29, 1.82) is 0 Å². The van der Waals surface area contributed by atoms with E-state index in [-0.39, 0.29) is 5.60 Å². The summed E-state index contributed by atoms with van der Waals surface area (Å²) in [6.07, 6.45) is 2.30. The highest BCUT2D eigenvalue weighted by Crippen LogP contribution is 2.32. The maximum Gasteiger partial charge on any atom is 0.185 e. The zero-order valence-electron chi connectivity index (χ0n) is 11.7. The number of aromatic nitrogens is 1. The average molecular weight is 269 g/mol. The van der Waals surface area contributed by atoms with Crippen molar-refractivity contribution in [2.24, 2.45) is 0 Å². The van der Waals surface area contributed by atoms with Crippen molar-refractivity contribution in [3.05, 3.63) is 10.6 Å². The Morgan fingerprint density at radius 3 is 3.00 bits per heavy atom. The van der Waals surface area contributed by atoms with Crippen LogP contribution in [-0.2, 0) is 11.3 Å². The highest BCUT2D eigenvalue weighted by Gasteiger charge is 2.32. The Balaban J connectivity index is 2.13. The topological polar surface area (TPSA) is 37.4 Å². The van der Waals surface area contributed by atoms with E-state index in [1.165, 1.54) is 11.3 Å². The van der Waals surface area contributed by atoms with E-state index in [4.69, 9.17) is 9.72 Å². The first-order chi connectivity index (χ1) is 8.58. The quantitative estimate of drug-likeness (QED) is 0.909. The number of aryl methyl sites for hydroxylation is 1. The van der Waals surface area contributed by atoms with Gasteiger partial charge in [0.1, 0.15) is 0 Å². The summed E-state index contributed by atoms with van der Waals surface area (Å²) < 4.78 is 5.64. The molecule has 4 nitrogen and oxygen atoms in total. The van der Waals surface area contributed by atoms with E-state index < -0.39 is 0 Å². The van der Waals surface area contributed by atoms with Crippen LogP contribution in [0.5, 0.6) is 0 Å². The molecular weight excluding hydrogens is 246 g/mol. The third-order valence-corrected chi connectivity index (χ3v) is 4.86. The van der Waals surface area contributed by atoms with Crippen LogP contribution in [0.4, 0.5) is 5.13 Å². The van der Waals surface area contributed by atoms with Crippen molar-refractivity contribution in [1.82, 2.24) is 10.3 Å². The average Bonchev–Trinajstić information content (AvgIpc) is 2.72. The number of hydrogen-bond donors (Lipinski definition) is 1. The summed E-state index contributed by atoms with van der Waals surface area (Å²) in [6, 6.07) is 0. The van der Waals surface area contributed by atoms with E-state index in [1.54, 1.807) is 11.3 Å². The number of ether oxygens (including phenoxy) is 1. The fraction of sp³-hybridized carbons (Fsp3) is 0.769. The zero-order valence-corrected chi connectivity index (χ0v) is 12.6. The Kier molecular flexibility index (Phi) is 4.25. The molecule has 1 aromatic heterocycles. The van der Waals surface area contributed by atoms with Crippen LogP contribution in [0.25, 0.3) is 0 Å². The van der Waals surface area contributed by atoms with E-state index in [1.807, 2.05) is 14.2 Å². The summed E-state index contributed by atoms with van der Waals surface area (Å²) in [4.78, 5) is 8.40. The predicted molar refractivity (Wildman–Crippen MR) is 76.5 cm³/mol. The molecular formula is C13H23N3OS. The molecule has 1 saturated heterocycles. The second-order valence-corrected chi connectivity index (χ2v) is 6.28. The lowest BCUT2D eigenvalue weighted by Crippen LogP contribution is -2.47. The fourth-order valence-corrected chi connectivity index (χ4v) is 3.51. The molecule has 5 heteroatoms. The first kappa shape index (κ1) is 13.8. The second-order valence-electron chi connectivity index (χ2n) is 5.21. The Morgan fingerprint density at radius 1 is 1.56 bits per heavy atom. The summed E-state index contributed by atoms with van der Waals surface area (Å²) in [5.41, 5.74) is 1.12. The van der Waals surface area contributed by atoms with Gasteiger partial charge in [-0.15, -0.1) is 11.3 Å². The normalized spacial score (nSPS) is 24.6. The van der Waals surface area contributed by atoms with Gasteiger partial charge in [-0.1, -0.05) is 0 Å². The fourth-order valence-electron chi connectivity index (χ4n) is 2.41. The number of hydrogen-bond acceptors (Lipinski definition) is 5. The van der Waals surface area contributed by atoms with Gasteiger partial charge in [-0.2, -0.15) is 0 Å². The van der Waals surface area contributed by atoms with Crippen molar-refractivity contribution in [3.8, 4) is 0 Å². The Hall–Kier alpha value is -0.650. The summed E-state index contributed by atoms with van der Waals surface area (Å²) in [5.74, 6) is 0. The number of thiazole rings is 1. The van der Waals surface area contributed by atoms with Crippen molar-refractivity contribution in [2.75, 3.05) is 32.1 Å². The molecule has 102 valence electrons. The van der Waals surface area contributed by atoms with Crippen LogP contribution in [0, 0.1) is 6.92 Å². The van der Waals surface area contributed by atoms with Crippen molar-refractivity contribution >= 4 is 16.5 Å². The van der Waals surface area contributed by atoms with E-state index in [2.05, 4.69) is 24.1 Å². The highest BCUT2D eigenvalue weighted by molar-refractivity contribution is 7.15. The lowest BCUT2D eigenvalue weighted by molar-refractivity contribution is -0.00466. The van der Waals surface area contributed by atoms with Gasteiger partial charge in [0.25, 0.3) is 0 Å². The molecule has 1 atom stereocenters. The lowest BCUT2D eigenvalue weighted by atomic mass is 9.95. The molecule has 1 aliphatic heterocycles. The largest absolute Gasteiger partial charge is 0.377 e. The minimum atomic E-state index is -0.0268. The zero-order chi connectivity index (χ0) is 13.2. The summed E-state index contributed by atoms with van der Waals surface area (Å²) in [6.45, 7) is 7.21. The number of methoxy groups -OCH3 is 1. The summed E-state index contributed by atoms with van der Waals surface area (Å²) in [7, 11) is 3.78. The van der Waals surface area contributed by atoms with Gasteiger partial charge in [0, 0.05) is 31.6 Å². The van der Waals surface area contributed by atoms with Crippen LogP contribution < -0.4 is 10.2 Å². The SMILES string of the molecule is CNCc1sc(N2CCCC(C)(OC)C2)nc1C. The molecule has 18 heavy (non-hydrogen) atoms. The van der Waals surface area contributed by atoms with Crippen LogP contribution >= 0.6 is 11.3 Å². The Labute approximate surface area is 113 Å². The van der Waals surface area contributed by atoms with E-state index in [0.29, 0.717) is 0 Å². The van der Waals surface area contributed by atoms with Crippen LogP contribution in [0.3, 0.4) is 0 Å². The molecule has 1 aromatic rings. The Morgan fingerprint density at radius 2 is 2.33 bits per heavy atom. The molecule has 0 spiro atoms. The number of nitrogens with zero attached hydrogens (tertiary/aromatic N) is 2. The third kappa shape index (κ3) is 2.84. The van der Waals surface area contributed by atoms with Crippen LogP contribution in [0.15, 0.2) is 0 Å². The summed E-state index contributed by atoms with van der Waals surface area (Å²) >= 11 is 1.80. The van der Waals surface area contributed by atoms with Gasteiger partial charge in [0.15, 0.2) is 5.13 Å². The smallest absolute Gasteiger partial charge is 0.185 e. The standard InChI is InChI=1S/C13H23N3OS/c1-10-11(8-14-3)18-12(15-10)16-7-5-6-13(2,9-16)17-4/h14H,5-9H2,1-4H3. The van der Waals surface area contributed by atoms with Gasteiger partial charge in [0.05, 0.1) is 11.3 Å². The highest BCUT2D eigenvalue weighted by atomic mass is 32.1. The predicted octanol–water partition coefficient (Wildman–Crippen LogP) is 2.18. The summed E-state index contributed by atoms with van der Waals surface area (Å²) in [5, 5.41) is 4.34. The number of piperidine rings is 1. The molecule has 2 heterocycles. The maximum atomic E-state index is 5.64. The molecule has 0 aliphatic carbocycles. The van der Waals surface area contributed by atoms with Crippen LogP contribution in [-0.4, -0.2) is 37.8 Å². The van der Waals surface area contributed by atoms with Gasteiger partial charge >= 0.3 is 0 Å². The molecule has 1 aliphatic rings. The molecule has 1 N–H and O–H groups in total. The van der Waals surface area contributed by atoms with Gasteiger partial charge in [-0.25, -0.2) is 4.98 Å². The molecule has 0 radical (unpaired) electrons. The third-order valence-electron chi connectivity index (χ3n) is 3.64. The van der Waals surface area contributed by atoms with Crippen molar-refractivity contribution < 1.29 is 4.74 Å². The maximum absolute atomic E-state index is 5.64. The van der Waals surface area contributed by atoms with Gasteiger partial charge in [-0.05, 0) is 33.7 Å². The van der Waals surface area contributed by atoms with Crippen LogP contribution in [0.1, 0.15) is 30.3 Å². The van der Waals surface area contributed by atoms with Gasteiger partial charge in [-0.3, -0.25) is 0 Å². The second kappa shape index (κ2) is 5.55. The van der Waals surface area contributed by atoms with Crippen LogP contribution in [0.2, 0.25) is 0 Å². The van der Waals surface area contributed by atoms with Gasteiger partial charge in [0.2, 0.25) is 0 Å². The van der Waals surface area contributed by atoms with E-state index >= 15 is 0 Å². The molecule has 0 amide bonds. The molecule has 2 rings (SSSR count). The Bertz CT molecular complexity index is 407. The van der Waals surface area contributed by atoms with Crippen molar-refractivity contribution in [2.45, 2.75) is 38.8 Å². The number of nitrogens with one attached hydrogen (secondary N) is 1. The lowest BCUT2D eigenvalue weighted by Gasteiger charge is -2.39. The molecule has 1 fully saturated rings. The minimum Gasteiger partial charge on any atom is -0.377 e. The monoisotopic (exact) mass is 269 g/mol. The minimum absolute atomic E-state index is 0.0268. The van der Waals surface area contributed by atoms with Crippen molar-refractivity contribution in [3.63, 3.8) is 0 Å². The number of anilines is 1. The molecule has 0 bridgehead atoms. The molecule has 1 unspecified atom stereocenters.